The van der Waals surface area contributed by atoms with Crippen LogP contribution >= 0.6 is 0 Å². The van der Waals surface area contributed by atoms with Crippen molar-refractivity contribution in [2.75, 3.05) is 0 Å². The van der Waals surface area contributed by atoms with Crippen LogP contribution in [-0.2, 0) is 0 Å². The lowest BCUT2D eigenvalue weighted by Crippen LogP contribution is -1.96. The van der Waals surface area contributed by atoms with E-state index in [0.29, 0.717) is 5.92 Å². The van der Waals surface area contributed by atoms with Gasteiger partial charge in [-0.05, 0) is 49.3 Å². The van der Waals surface area contributed by atoms with Crippen LogP contribution in [0, 0.1) is 5.92 Å². The van der Waals surface area contributed by atoms with E-state index in [9.17, 15) is 0 Å². The summed E-state index contributed by atoms with van der Waals surface area (Å²) in [4.78, 5) is 0. The van der Waals surface area contributed by atoms with Crippen molar-refractivity contribution in [2.24, 2.45) is 5.92 Å². The Labute approximate surface area is 86.7 Å². The topological polar surface area (TPSA) is 0 Å². The maximum absolute atomic E-state index is 2.32. The van der Waals surface area contributed by atoms with E-state index in [1.165, 1.54) is 11.1 Å². The third-order valence-corrected chi connectivity index (χ3v) is 3.41. The van der Waals surface area contributed by atoms with Crippen LogP contribution in [0.25, 0.3) is 0 Å². The zero-order valence-electron chi connectivity index (χ0n) is 9.30. The normalized spacial score (nSPS) is 29.2. The van der Waals surface area contributed by atoms with Crippen LogP contribution in [0.2, 0.25) is 0 Å². The van der Waals surface area contributed by atoms with Crippen LogP contribution in [-0.4, -0.2) is 0 Å². The van der Waals surface area contributed by atoms with E-state index in [1.807, 2.05) is 0 Å². The fraction of sp³-hybridized carbons (Fsp3) is 0.429. The highest BCUT2D eigenvalue weighted by molar-refractivity contribution is 5.48. The molecule has 0 N–H and O–H groups in total. The van der Waals surface area contributed by atoms with Crippen LogP contribution in [0.1, 0.15) is 33.6 Å². The van der Waals surface area contributed by atoms with Gasteiger partial charge in [-0.1, -0.05) is 36.8 Å². The van der Waals surface area contributed by atoms with E-state index in [0.717, 1.165) is 12.8 Å². The maximum atomic E-state index is 2.32. The molecule has 0 heteroatoms. The third-order valence-electron chi connectivity index (χ3n) is 3.41. The summed E-state index contributed by atoms with van der Waals surface area (Å²) >= 11 is 0. The summed E-state index contributed by atoms with van der Waals surface area (Å²) < 4.78 is 0. The van der Waals surface area contributed by atoms with Crippen molar-refractivity contribution in [3.63, 3.8) is 0 Å². The van der Waals surface area contributed by atoms with Gasteiger partial charge < -0.3 is 0 Å². The monoisotopic (exact) mass is 186 g/mol. The van der Waals surface area contributed by atoms with Gasteiger partial charge in [0.15, 0.2) is 0 Å². The predicted octanol–water partition coefficient (Wildman–Crippen LogP) is 4.18. The lowest BCUT2D eigenvalue weighted by molar-refractivity contribution is 0.857. The molecule has 0 radical (unpaired) electrons. The molecule has 0 amide bonds. The first-order valence-electron chi connectivity index (χ1n) is 5.43. The van der Waals surface area contributed by atoms with Gasteiger partial charge in [0.25, 0.3) is 0 Å². The highest BCUT2D eigenvalue weighted by atomic mass is 14.2. The molecule has 0 aromatic heterocycles. The van der Waals surface area contributed by atoms with E-state index in [2.05, 4.69) is 45.1 Å². The van der Waals surface area contributed by atoms with Crippen molar-refractivity contribution in [3.05, 3.63) is 46.6 Å². The summed E-state index contributed by atoms with van der Waals surface area (Å²) in [6.07, 6.45) is 11.4. The minimum absolute atomic E-state index is 0.649. The molecule has 0 aliphatic heterocycles. The number of hydrogen-bond acceptors (Lipinski definition) is 0. The second kappa shape index (κ2) is 3.61. The molecule has 0 spiro atoms. The largest absolute Gasteiger partial charge is 0.0838 e. The SMILES string of the molecule is CC1=C(/C(C)=C2/CC=CC2C)CC=C1. The van der Waals surface area contributed by atoms with Gasteiger partial charge >= 0.3 is 0 Å². The van der Waals surface area contributed by atoms with Crippen molar-refractivity contribution in [1.82, 2.24) is 0 Å². The van der Waals surface area contributed by atoms with Crippen molar-refractivity contribution < 1.29 is 0 Å². The number of allylic oxidation sites excluding steroid dienone is 8. The first-order valence-corrected chi connectivity index (χ1v) is 5.43. The minimum Gasteiger partial charge on any atom is -0.0838 e. The van der Waals surface area contributed by atoms with Gasteiger partial charge in [0, 0.05) is 0 Å². The quantitative estimate of drug-likeness (QED) is 0.539. The first kappa shape index (κ1) is 9.51. The highest BCUT2D eigenvalue weighted by Crippen LogP contribution is 2.34. The molecule has 14 heavy (non-hydrogen) atoms. The zero-order valence-corrected chi connectivity index (χ0v) is 9.30. The van der Waals surface area contributed by atoms with E-state index < -0.39 is 0 Å². The van der Waals surface area contributed by atoms with Crippen molar-refractivity contribution in [2.45, 2.75) is 33.6 Å². The van der Waals surface area contributed by atoms with Crippen molar-refractivity contribution in [3.8, 4) is 0 Å². The molecule has 0 heterocycles. The fourth-order valence-corrected chi connectivity index (χ4v) is 2.45. The van der Waals surface area contributed by atoms with Gasteiger partial charge in [0.05, 0.1) is 0 Å². The van der Waals surface area contributed by atoms with Gasteiger partial charge in [-0.3, -0.25) is 0 Å². The zero-order chi connectivity index (χ0) is 10.1. The molecule has 2 aliphatic carbocycles. The van der Waals surface area contributed by atoms with Crippen molar-refractivity contribution >= 4 is 0 Å². The molecular weight excluding hydrogens is 168 g/mol. The Hall–Kier alpha value is -1.04. The first-order chi connectivity index (χ1) is 6.70. The third kappa shape index (κ3) is 1.50. The Morgan fingerprint density at radius 2 is 2.07 bits per heavy atom. The molecule has 1 unspecified atom stereocenters. The molecule has 74 valence electrons. The Balaban J connectivity index is 2.32. The summed E-state index contributed by atoms with van der Waals surface area (Å²) in [5.41, 5.74) is 6.15. The van der Waals surface area contributed by atoms with E-state index in [1.54, 1.807) is 11.1 Å². The van der Waals surface area contributed by atoms with E-state index in [4.69, 9.17) is 0 Å². The van der Waals surface area contributed by atoms with Gasteiger partial charge in [0.2, 0.25) is 0 Å². The number of rotatable bonds is 1. The summed E-state index contributed by atoms with van der Waals surface area (Å²) in [7, 11) is 0. The van der Waals surface area contributed by atoms with Crippen LogP contribution < -0.4 is 0 Å². The van der Waals surface area contributed by atoms with E-state index in [-0.39, 0.29) is 0 Å². The second-order valence-electron chi connectivity index (χ2n) is 4.34. The van der Waals surface area contributed by atoms with Crippen LogP contribution in [0.5, 0.6) is 0 Å². The summed E-state index contributed by atoms with van der Waals surface area (Å²) in [6, 6.07) is 0. The van der Waals surface area contributed by atoms with Gasteiger partial charge in [-0.2, -0.15) is 0 Å². The van der Waals surface area contributed by atoms with Crippen LogP contribution in [0.3, 0.4) is 0 Å². The lowest BCUT2D eigenvalue weighted by Gasteiger charge is -2.13. The molecular formula is C14H18. The summed E-state index contributed by atoms with van der Waals surface area (Å²) in [5.74, 6) is 0.649. The molecule has 0 saturated heterocycles. The molecule has 0 aromatic carbocycles. The average Bonchev–Trinajstić information content (AvgIpc) is 2.73. The maximum Gasteiger partial charge on any atom is -0.00426 e. The minimum atomic E-state index is 0.649. The van der Waals surface area contributed by atoms with Crippen molar-refractivity contribution in [1.29, 1.82) is 0 Å². The fourth-order valence-electron chi connectivity index (χ4n) is 2.45. The molecule has 2 aliphatic rings. The molecule has 0 fully saturated rings. The Morgan fingerprint density at radius 1 is 1.29 bits per heavy atom. The predicted molar refractivity (Wildman–Crippen MR) is 62.1 cm³/mol. The summed E-state index contributed by atoms with van der Waals surface area (Å²) in [5, 5.41) is 0. The molecule has 0 aromatic rings. The molecule has 0 nitrogen and oxygen atoms in total. The van der Waals surface area contributed by atoms with E-state index >= 15 is 0 Å². The van der Waals surface area contributed by atoms with Gasteiger partial charge in [-0.15, -0.1) is 0 Å². The Kier molecular flexibility index (Phi) is 2.45. The number of hydrogen-bond donors (Lipinski definition) is 0. The van der Waals surface area contributed by atoms with Crippen LogP contribution in [0.15, 0.2) is 46.6 Å². The Bertz CT molecular complexity index is 361. The van der Waals surface area contributed by atoms with Gasteiger partial charge in [-0.25, -0.2) is 0 Å². The average molecular weight is 186 g/mol. The standard InChI is InChI=1S/C14H18/c1-10-6-4-8-13(10)12(3)14-9-5-7-11(14)2/h4-7,10H,8-9H2,1-3H3/b13-12-. The van der Waals surface area contributed by atoms with Crippen LogP contribution in [0.4, 0.5) is 0 Å². The molecule has 1 atom stereocenters. The molecule has 0 bridgehead atoms. The smallest absolute Gasteiger partial charge is 0.00426 e. The lowest BCUT2D eigenvalue weighted by atomic mass is 9.92. The second-order valence-corrected chi connectivity index (χ2v) is 4.34. The summed E-state index contributed by atoms with van der Waals surface area (Å²) in [6.45, 7) is 6.79. The molecule has 0 saturated carbocycles. The molecule has 2 rings (SSSR count). The Morgan fingerprint density at radius 3 is 2.57 bits per heavy atom. The van der Waals surface area contributed by atoms with Gasteiger partial charge in [0.1, 0.15) is 0 Å². The highest BCUT2D eigenvalue weighted by Gasteiger charge is 2.16.